The average Bonchev–Trinajstić information content (AvgIpc) is 2.80. The van der Waals surface area contributed by atoms with Crippen molar-refractivity contribution < 1.29 is 14.3 Å². The van der Waals surface area contributed by atoms with Crippen LogP contribution in [0.5, 0.6) is 0 Å². The van der Waals surface area contributed by atoms with Crippen LogP contribution in [0.25, 0.3) is 0 Å². The summed E-state index contributed by atoms with van der Waals surface area (Å²) in [4.78, 5) is 27.4. The van der Waals surface area contributed by atoms with Crippen molar-refractivity contribution in [2.75, 3.05) is 33.3 Å². The molecule has 2 heterocycles. The number of carbonyl (C=O) groups is 2. The number of carbonyl (C=O) groups excluding carboxylic acids is 2. The molecule has 2 fully saturated rings. The van der Waals surface area contributed by atoms with E-state index in [1.165, 1.54) is 7.11 Å². The second kappa shape index (κ2) is 6.19. The van der Waals surface area contributed by atoms with Crippen molar-refractivity contribution in [3.63, 3.8) is 0 Å². The van der Waals surface area contributed by atoms with Crippen LogP contribution in [0.15, 0.2) is 11.6 Å². The molecule has 2 rings (SSSR count). The second-order valence-corrected chi connectivity index (χ2v) is 5.11. The predicted molar refractivity (Wildman–Crippen MR) is 71.6 cm³/mol. The minimum Gasteiger partial charge on any atom is -0.466 e. The molecule has 19 heavy (non-hydrogen) atoms. The number of piperazine rings is 1. The van der Waals surface area contributed by atoms with Crippen LogP contribution in [0.1, 0.15) is 26.2 Å². The highest BCUT2D eigenvalue weighted by atomic mass is 16.5. The largest absolute Gasteiger partial charge is 0.466 e. The van der Waals surface area contributed by atoms with Crippen molar-refractivity contribution in [2.45, 2.75) is 32.2 Å². The first-order chi connectivity index (χ1) is 9.15. The highest BCUT2D eigenvalue weighted by Gasteiger charge is 2.34. The maximum Gasteiger partial charge on any atom is 0.333 e. The molecule has 0 spiro atoms. The van der Waals surface area contributed by atoms with E-state index in [2.05, 4.69) is 4.90 Å². The highest BCUT2D eigenvalue weighted by molar-refractivity contribution is 5.88. The van der Waals surface area contributed by atoms with E-state index in [0.29, 0.717) is 24.8 Å². The third kappa shape index (κ3) is 3.15. The number of amides is 1. The van der Waals surface area contributed by atoms with Gasteiger partial charge in [0, 0.05) is 44.2 Å². The Morgan fingerprint density at radius 1 is 1.47 bits per heavy atom. The van der Waals surface area contributed by atoms with Gasteiger partial charge in [-0.2, -0.15) is 0 Å². The van der Waals surface area contributed by atoms with Gasteiger partial charge < -0.3 is 9.64 Å². The van der Waals surface area contributed by atoms with Crippen LogP contribution in [0.4, 0.5) is 0 Å². The Balaban J connectivity index is 1.89. The summed E-state index contributed by atoms with van der Waals surface area (Å²) in [6.45, 7) is 5.33. The Morgan fingerprint density at radius 3 is 2.95 bits per heavy atom. The molecule has 0 radical (unpaired) electrons. The predicted octanol–water partition coefficient (Wildman–Crippen LogP) is 0.802. The SMILES string of the molecule is CCC(=CCN1CCN2C(=O)CCC2C1)C(=O)OC. The van der Waals surface area contributed by atoms with Gasteiger partial charge in [-0.25, -0.2) is 4.79 Å². The van der Waals surface area contributed by atoms with E-state index in [9.17, 15) is 9.59 Å². The Morgan fingerprint density at radius 2 is 2.26 bits per heavy atom. The lowest BCUT2D eigenvalue weighted by Crippen LogP contribution is -2.51. The topological polar surface area (TPSA) is 49.9 Å². The smallest absolute Gasteiger partial charge is 0.333 e. The van der Waals surface area contributed by atoms with Crippen molar-refractivity contribution >= 4 is 11.9 Å². The first-order valence-electron chi connectivity index (χ1n) is 6.94. The van der Waals surface area contributed by atoms with Crippen molar-refractivity contribution in [2.24, 2.45) is 0 Å². The zero-order chi connectivity index (χ0) is 13.8. The highest BCUT2D eigenvalue weighted by Crippen LogP contribution is 2.22. The van der Waals surface area contributed by atoms with Crippen molar-refractivity contribution in [1.82, 2.24) is 9.80 Å². The van der Waals surface area contributed by atoms with Crippen molar-refractivity contribution in [3.05, 3.63) is 11.6 Å². The van der Waals surface area contributed by atoms with Crippen LogP contribution >= 0.6 is 0 Å². The Labute approximate surface area is 114 Å². The summed E-state index contributed by atoms with van der Waals surface area (Å²) in [6.07, 6.45) is 4.31. The number of hydrogen-bond donors (Lipinski definition) is 0. The van der Waals surface area contributed by atoms with E-state index in [-0.39, 0.29) is 5.97 Å². The van der Waals surface area contributed by atoms with Gasteiger partial charge in [0.05, 0.1) is 7.11 Å². The summed E-state index contributed by atoms with van der Waals surface area (Å²) in [6, 6.07) is 0.373. The van der Waals surface area contributed by atoms with Crippen LogP contribution in [-0.4, -0.2) is 61.0 Å². The van der Waals surface area contributed by atoms with Crippen LogP contribution in [0, 0.1) is 0 Å². The monoisotopic (exact) mass is 266 g/mol. The normalized spacial score (nSPS) is 24.5. The summed E-state index contributed by atoms with van der Waals surface area (Å²) < 4.78 is 4.75. The summed E-state index contributed by atoms with van der Waals surface area (Å²) in [7, 11) is 1.41. The van der Waals surface area contributed by atoms with Crippen LogP contribution in [0.3, 0.4) is 0 Å². The van der Waals surface area contributed by atoms with Gasteiger partial charge in [-0.15, -0.1) is 0 Å². The lowest BCUT2D eigenvalue weighted by molar-refractivity contribution is -0.136. The molecule has 1 atom stereocenters. The van der Waals surface area contributed by atoms with Gasteiger partial charge >= 0.3 is 5.97 Å². The van der Waals surface area contributed by atoms with Gasteiger partial charge in [-0.05, 0) is 12.8 Å². The minimum atomic E-state index is -0.239. The van der Waals surface area contributed by atoms with E-state index < -0.39 is 0 Å². The molecule has 0 N–H and O–H groups in total. The van der Waals surface area contributed by atoms with Crippen molar-refractivity contribution in [1.29, 1.82) is 0 Å². The first-order valence-corrected chi connectivity index (χ1v) is 6.94. The third-order valence-electron chi connectivity index (χ3n) is 4.00. The fraction of sp³-hybridized carbons (Fsp3) is 0.714. The quantitative estimate of drug-likeness (QED) is 0.558. The number of fused-ring (bicyclic) bond motifs is 1. The van der Waals surface area contributed by atoms with Gasteiger partial charge in [-0.1, -0.05) is 13.0 Å². The minimum absolute atomic E-state index is 0.239. The van der Waals surface area contributed by atoms with Gasteiger partial charge in [0.15, 0.2) is 0 Å². The molecule has 5 heteroatoms. The fourth-order valence-corrected chi connectivity index (χ4v) is 2.84. The number of nitrogens with zero attached hydrogens (tertiary/aromatic N) is 2. The summed E-state index contributed by atoms with van der Waals surface area (Å²) in [5, 5.41) is 0. The average molecular weight is 266 g/mol. The van der Waals surface area contributed by atoms with Crippen LogP contribution in [-0.2, 0) is 14.3 Å². The first kappa shape index (κ1) is 14.1. The molecule has 106 valence electrons. The molecule has 5 nitrogen and oxygen atoms in total. The number of ether oxygens (including phenoxy) is 1. The molecule has 2 saturated heterocycles. The van der Waals surface area contributed by atoms with Gasteiger partial charge in [0.25, 0.3) is 0 Å². The maximum absolute atomic E-state index is 11.6. The van der Waals surface area contributed by atoms with Gasteiger partial charge in [0.1, 0.15) is 0 Å². The number of hydrogen-bond acceptors (Lipinski definition) is 4. The number of esters is 1. The fourth-order valence-electron chi connectivity index (χ4n) is 2.84. The van der Waals surface area contributed by atoms with E-state index >= 15 is 0 Å². The molecule has 0 bridgehead atoms. The molecule has 0 aromatic heterocycles. The number of methoxy groups -OCH3 is 1. The molecule has 2 aliphatic rings. The molecular weight excluding hydrogens is 244 g/mol. The van der Waals surface area contributed by atoms with Crippen LogP contribution < -0.4 is 0 Å². The lowest BCUT2D eigenvalue weighted by Gasteiger charge is -2.37. The Hall–Kier alpha value is -1.36. The Kier molecular flexibility index (Phi) is 4.58. The lowest BCUT2D eigenvalue weighted by atomic mass is 10.1. The van der Waals surface area contributed by atoms with E-state index in [4.69, 9.17) is 4.74 Å². The number of rotatable bonds is 4. The summed E-state index contributed by atoms with van der Waals surface area (Å²) >= 11 is 0. The molecule has 2 aliphatic heterocycles. The molecule has 0 aromatic rings. The van der Waals surface area contributed by atoms with Crippen LogP contribution in [0.2, 0.25) is 0 Å². The zero-order valence-corrected chi connectivity index (χ0v) is 11.7. The van der Waals surface area contributed by atoms with Crippen molar-refractivity contribution in [3.8, 4) is 0 Å². The zero-order valence-electron chi connectivity index (χ0n) is 11.7. The molecule has 1 unspecified atom stereocenters. The maximum atomic E-state index is 11.6. The van der Waals surface area contributed by atoms with Gasteiger partial charge in [-0.3, -0.25) is 9.69 Å². The summed E-state index contributed by atoms with van der Waals surface area (Å²) in [5.41, 5.74) is 0.729. The van der Waals surface area contributed by atoms with E-state index in [1.54, 1.807) is 0 Å². The second-order valence-electron chi connectivity index (χ2n) is 5.11. The molecule has 0 saturated carbocycles. The summed E-state index contributed by atoms with van der Waals surface area (Å²) in [5.74, 6) is 0.0566. The standard InChI is InChI=1S/C14H22N2O3/c1-3-11(14(18)19-2)6-7-15-8-9-16-12(10-15)4-5-13(16)17/h6,12H,3-5,7-10H2,1-2H3. The molecule has 0 aliphatic carbocycles. The Bertz CT molecular complexity index is 392. The van der Waals surface area contributed by atoms with E-state index in [0.717, 1.165) is 38.2 Å². The van der Waals surface area contributed by atoms with Gasteiger partial charge in [0.2, 0.25) is 5.91 Å². The molecule has 1 amide bonds. The van der Waals surface area contributed by atoms with E-state index in [1.807, 2.05) is 17.9 Å². The molecule has 0 aromatic carbocycles. The third-order valence-corrected chi connectivity index (χ3v) is 4.00. The molecular formula is C14H22N2O3.